The zero-order valence-corrected chi connectivity index (χ0v) is 11.8. The third-order valence-electron chi connectivity index (χ3n) is 2.91. The van der Waals surface area contributed by atoms with Gasteiger partial charge in [0.25, 0.3) is 5.91 Å². The first-order valence-electron chi connectivity index (χ1n) is 6.02. The van der Waals surface area contributed by atoms with Crippen LogP contribution in [0.1, 0.15) is 26.3 Å². The number of carbonyl (C=O) groups is 2. The summed E-state index contributed by atoms with van der Waals surface area (Å²) < 4.78 is 0. The predicted octanol–water partition coefficient (Wildman–Crippen LogP) is 3.30. The third-order valence-corrected chi connectivity index (χ3v) is 3.22. The van der Waals surface area contributed by atoms with Crippen LogP contribution in [0.2, 0.25) is 5.02 Å². The second-order valence-electron chi connectivity index (χ2n) is 4.45. The maximum Gasteiger partial charge on any atom is 0.337 e. The van der Waals surface area contributed by atoms with Gasteiger partial charge in [-0.2, -0.15) is 0 Å². The molecule has 0 bridgehead atoms. The lowest BCUT2D eigenvalue weighted by atomic mass is 10.1. The molecular weight excluding hydrogens is 294 g/mol. The van der Waals surface area contributed by atoms with Crippen molar-refractivity contribution >= 4 is 29.2 Å². The van der Waals surface area contributed by atoms with Crippen molar-refractivity contribution in [2.45, 2.75) is 6.92 Å². The fourth-order valence-corrected chi connectivity index (χ4v) is 2.13. The van der Waals surface area contributed by atoms with E-state index in [9.17, 15) is 14.7 Å². The van der Waals surface area contributed by atoms with Crippen LogP contribution < -0.4 is 5.32 Å². The highest BCUT2D eigenvalue weighted by molar-refractivity contribution is 6.33. The lowest BCUT2D eigenvalue weighted by Crippen LogP contribution is -2.13. The smallest absolute Gasteiger partial charge is 0.337 e. The van der Waals surface area contributed by atoms with E-state index in [0.717, 1.165) is 0 Å². The van der Waals surface area contributed by atoms with Crippen molar-refractivity contribution in [3.8, 4) is 5.75 Å². The number of aromatic carboxylic acids is 1. The van der Waals surface area contributed by atoms with Gasteiger partial charge in [0.05, 0.1) is 10.6 Å². The van der Waals surface area contributed by atoms with E-state index in [1.165, 1.54) is 36.4 Å². The molecule has 2 aromatic carbocycles. The summed E-state index contributed by atoms with van der Waals surface area (Å²) in [6.45, 7) is 1.70. The molecule has 108 valence electrons. The van der Waals surface area contributed by atoms with Crippen molar-refractivity contribution in [1.82, 2.24) is 0 Å². The number of benzene rings is 2. The Labute approximate surface area is 125 Å². The van der Waals surface area contributed by atoms with Crippen LogP contribution in [0.3, 0.4) is 0 Å². The van der Waals surface area contributed by atoms with Crippen LogP contribution in [-0.2, 0) is 0 Å². The van der Waals surface area contributed by atoms with Crippen molar-refractivity contribution in [3.63, 3.8) is 0 Å². The summed E-state index contributed by atoms with van der Waals surface area (Å²) in [5, 5.41) is 20.9. The Morgan fingerprint density at radius 3 is 2.33 bits per heavy atom. The molecule has 0 spiro atoms. The monoisotopic (exact) mass is 305 g/mol. The number of hydrogen-bond acceptors (Lipinski definition) is 3. The molecule has 0 saturated heterocycles. The summed E-state index contributed by atoms with van der Waals surface area (Å²) in [7, 11) is 0. The van der Waals surface area contributed by atoms with Crippen molar-refractivity contribution in [1.29, 1.82) is 0 Å². The molecule has 6 heteroatoms. The van der Waals surface area contributed by atoms with E-state index >= 15 is 0 Å². The number of carboxylic acid groups (broad SMARTS) is 1. The zero-order valence-electron chi connectivity index (χ0n) is 11.1. The summed E-state index contributed by atoms with van der Waals surface area (Å²) >= 11 is 5.84. The van der Waals surface area contributed by atoms with Gasteiger partial charge in [0.1, 0.15) is 5.75 Å². The van der Waals surface area contributed by atoms with Crippen LogP contribution in [0, 0.1) is 6.92 Å². The minimum atomic E-state index is -1.13. The molecule has 3 N–H and O–H groups in total. The molecule has 0 saturated carbocycles. The Bertz CT molecular complexity index is 728. The van der Waals surface area contributed by atoms with E-state index in [4.69, 9.17) is 16.7 Å². The molecule has 0 radical (unpaired) electrons. The molecular formula is C15H12ClNO4. The lowest BCUT2D eigenvalue weighted by molar-refractivity contribution is 0.0697. The molecule has 2 aromatic rings. The van der Waals surface area contributed by atoms with E-state index in [2.05, 4.69) is 5.32 Å². The van der Waals surface area contributed by atoms with Crippen molar-refractivity contribution < 1.29 is 19.8 Å². The molecule has 2 rings (SSSR count). The molecule has 0 aliphatic carbocycles. The molecule has 0 aromatic heterocycles. The molecule has 0 aliphatic rings. The van der Waals surface area contributed by atoms with Crippen LogP contribution in [0.15, 0.2) is 36.4 Å². The fourth-order valence-electron chi connectivity index (χ4n) is 1.87. The molecule has 21 heavy (non-hydrogen) atoms. The largest absolute Gasteiger partial charge is 0.508 e. The van der Waals surface area contributed by atoms with Crippen molar-refractivity contribution in [2.75, 3.05) is 5.32 Å². The van der Waals surface area contributed by atoms with Gasteiger partial charge in [-0.1, -0.05) is 11.6 Å². The quantitative estimate of drug-likeness (QED) is 0.812. The van der Waals surface area contributed by atoms with Crippen LogP contribution in [0.4, 0.5) is 5.69 Å². The van der Waals surface area contributed by atoms with E-state index in [1.54, 1.807) is 6.92 Å². The van der Waals surface area contributed by atoms with Gasteiger partial charge in [-0.05, 0) is 48.9 Å². The van der Waals surface area contributed by atoms with Crippen LogP contribution in [0.25, 0.3) is 0 Å². The Morgan fingerprint density at radius 1 is 1.10 bits per heavy atom. The number of anilines is 1. The molecule has 0 atom stereocenters. The summed E-state index contributed by atoms with van der Waals surface area (Å²) in [4.78, 5) is 23.0. The molecule has 5 nitrogen and oxygen atoms in total. The van der Waals surface area contributed by atoms with Gasteiger partial charge in [-0.3, -0.25) is 4.79 Å². The molecule has 1 amide bonds. The van der Waals surface area contributed by atoms with Gasteiger partial charge in [-0.15, -0.1) is 0 Å². The number of rotatable bonds is 3. The average Bonchev–Trinajstić information content (AvgIpc) is 2.37. The molecule has 0 aliphatic heterocycles. The van der Waals surface area contributed by atoms with Crippen LogP contribution in [-0.4, -0.2) is 22.1 Å². The minimum Gasteiger partial charge on any atom is -0.508 e. The number of amides is 1. The predicted molar refractivity (Wildman–Crippen MR) is 79.2 cm³/mol. The number of phenolic OH excluding ortho intramolecular Hbond substituents is 1. The number of nitrogens with one attached hydrogen (secondary N) is 1. The Kier molecular flexibility index (Phi) is 4.14. The second-order valence-corrected chi connectivity index (χ2v) is 4.86. The molecule has 0 fully saturated rings. The highest BCUT2D eigenvalue weighted by Gasteiger charge is 2.12. The SMILES string of the molecule is Cc1cc(O)ccc1C(=O)Nc1ccc(C(=O)O)c(Cl)c1. The summed E-state index contributed by atoms with van der Waals surface area (Å²) in [6, 6.07) is 8.57. The first kappa shape index (κ1) is 14.9. The van der Waals surface area contributed by atoms with E-state index < -0.39 is 5.97 Å². The van der Waals surface area contributed by atoms with E-state index in [1.807, 2.05) is 0 Å². The topological polar surface area (TPSA) is 86.6 Å². The molecule has 0 heterocycles. The Balaban J connectivity index is 2.23. The number of aromatic hydroxyl groups is 1. The first-order valence-corrected chi connectivity index (χ1v) is 6.40. The van der Waals surface area contributed by atoms with Crippen molar-refractivity contribution in [3.05, 3.63) is 58.1 Å². The van der Waals surface area contributed by atoms with Crippen molar-refractivity contribution in [2.24, 2.45) is 0 Å². The lowest BCUT2D eigenvalue weighted by Gasteiger charge is -2.09. The van der Waals surface area contributed by atoms with Gasteiger partial charge >= 0.3 is 5.97 Å². The molecule has 0 unspecified atom stereocenters. The van der Waals surface area contributed by atoms with Gasteiger partial charge in [0.2, 0.25) is 0 Å². The maximum absolute atomic E-state index is 12.1. The third kappa shape index (κ3) is 3.32. The maximum atomic E-state index is 12.1. The minimum absolute atomic E-state index is 0.0320. The normalized spacial score (nSPS) is 10.2. The summed E-state index contributed by atoms with van der Waals surface area (Å²) in [5.41, 5.74) is 1.39. The van der Waals surface area contributed by atoms with Gasteiger partial charge in [0, 0.05) is 11.3 Å². The number of carboxylic acids is 1. The first-order chi connectivity index (χ1) is 9.88. The fraction of sp³-hybridized carbons (Fsp3) is 0.0667. The van der Waals surface area contributed by atoms with E-state index in [-0.39, 0.29) is 22.2 Å². The van der Waals surface area contributed by atoms with Crippen LogP contribution >= 0.6 is 11.6 Å². The number of hydrogen-bond donors (Lipinski definition) is 3. The average molecular weight is 306 g/mol. The highest BCUT2D eigenvalue weighted by atomic mass is 35.5. The summed E-state index contributed by atoms with van der Waals surface area (Å²) in [5.74, 6) is -1.42. The van der Waals surface area contributed by atoms with Gasteiger partial charge in [-0.25, -0.2) is 4.79 Å². The Hall–Kier alpha value is -2.53. The van der Waals surface area contributed by atoms with E-state index in [0.29, 0.717) is 16.8 Å². The second kappa shape index (κ2) is 5.85. The summed E-state index contributed by atoms with van der Waals surface area (Å²) in [6.07, 6.45) is 0. The van der Waals surface area contributed by atoms with Crippen LogP contribution in [0.5, 0.6) is 5.75 Å². The Morgan fingerprint density at radius 2 is 1.76 bits per heavy atom. The number of aryl methyl sites for hydroxylation is 1. The van der Waals surface area contributed by atoms with Gasteiger partial charge in [0.15, 0.2) is 0 Å². The van der Waals surface area contributed by atoms with Gasteiger partial charge < -0.3 is 15.5 Å². The number of phenols is 1. The number of halogens is 1. The number of carbonyl (C=O) groups excluding carboxylic acids is 1. The zero-order chi connectivity index (χ0) is 15.6. The standard InChI is InChI=1S/C15H12ClNO4/c1-8-6-10(18)3-5-11(8)14(19)17-9-2-4-12(15(20)21)13(16)7-9/h2-7,18H,1H3,(H,17,19)(H,20,21). The highest BCUT2D eigenvalue weighted by Crippen LogP contribution is 2.22.